The Kier molecular flexibility index (Phi) is 3.27. The Morgan fingerprint density at radius 1 is 1.29 bits per heavy atom. The van der Waals surface area contributed by atoms with Gasteiger partial charge in [-0.05, 0) is 12.3 Å². The third kappa shape index (κ3) is 2.22. The molecule has 3 heteroatoms. The third-order valence-corrected chi connectivity index (χ3v) is 2.68. The number of nitrogens with two attached hydrogens (primary N) is 1. The predicted octanol–water partition coefficient (Wildman–Crippen LogP) is 2.76. The highest BCUT2D eigenvalue weighted by Crippen LogP contribution is 2.32. The SMILES string of the molecule is C[C@H](N)c1ccc2ccccc2c1OCC#N. The molecule has 0 bridgehead atoms. The summed E-state index contributed by atoms with van der Waals surface area (Å²) >= 11 is 0. The zero-order valence-electron chi connectivity index (χ0n) is 9.68. The van der Waals surface area contributed by atoms with Gasteiger partial charge in [-0.2, -0.15) is 5.26 Å². The molecule has 2 aromatic rings. The second-order valence-electron chi connectivity index (χ2n) is 3.94. The van der Waals surface area contributed by atoms with Gasteiger partial charge >= 0.3 is 0 Å². The molecule has 0 fully saturated rings. The van der Waals surface area contributed by atoms with Gasteiger partial charge in [0.15, 0.2) is 6.61 Å². The van der Waals surface area contributed by atoms with Crippen LogP contribution >= 0.6 is 0 Å². The highest BCUT2D eigenvalue weighted by atomic mass is 16.5. The molecule has 0 saturated heterocycles. The van der Waals surface area contributed by atoms with Gasteiger partial charge in [-0.25, -0.2) is 0 Å². The summed E-state index contributed by atoms with van der Waals surface area (Å²) in [6.45, 7) is 1.94. The van der Waals surface area contributed by atoms with Crippen molar-refractivity contribution < 1.29 is 4.74 Å². The van der Waals surface area contributed by atoms with Crippen molar-refractivity contribution >= 4 is 10.8 Å². The molecular weight excluding hydrogens is 212 g/mol. The maximum atomic E-state index is 8.62. The summed E-state index contributed by atoms with van der Waals surface area (Å²) in [5.41, 5.74) is 6.84. The fourth-order valence-electron chi connectivity index (χ4n) is 1.88. The Morgan fingerprint density at radius 3 is 2.76 bits per heavy atom. The van der Waals surface area contributed by atoms with E-state index in [4.69, 9.17) is 15.7 Å². The second-order valence-corrected chi connectivity index (χ2v) is 3.94. The molecule has 0 aromatic heterocycles. The van der Waals surface area contributed by atoms with E-state index in [1.54, 1.807) is 0 Å². The number of hydrogen-bond donors (Lipinski definition) is 1. The minimum Gasteiger partial charge on any atom is -0.478 e. The van der Waals surface area contributed by atoms with Crippen LogP contribution in [0.1, 0.15) is 18.5 Å². The molecule has 3 nitrogen and oxygen atoms in total. The summed E-state index contributed by atoms with van der Waals surface area (Å²) in [7, 11) is 0. The molecule has 0 amide bonds. The normalized spacial score (nSPS) is 12.1. The first-order valence-electron chi connectivity index (χ1n) is 5.51. The number of fused-ring (bicyclic) bond motifs is 1. The van der Waals surface area contributed by atoms with Crippen molar-refractivity contribution in [2.24, 2.45) is 5.73 Å². The van der Waals surface area contributed by atoms with E-state index < -0.39 is 0 Å². The van der Waals surface area contributed by atoms with Gasteiger partial charge < -0.3 is 10.5 Å². The van der Waals surface area contributed by atoms with Crippen molar-refractivity contribution in [2.75, 3.05) is 6.61 Å². The third-order valence-electron chi connectivity index (χ3n) is 2.68. The quantitative estimate of drug-likeness (QED) is 0.875. The number of hydrogen-bond acceptors (Lipinski definition) is 3. The van der Waals surface area contributed by atoms with Gasteiger partial charge in [0, 0.05) is 17.0 Å². The summed E-state index contributed by atoms with van der Waals surface area (Å²) in [6, 6.07) is 13.8. The lowest BCUT2D eigenvalue weighted by Gasteiger charge is -2.15. The first-order chi connectivity index (χ1) is 8.24. The van der Waals surface area contributed by atoms with Crippen molar-refractivity contribution in [2.45, 2.75) is 13.0 Å². The van der Waals surface area contributed by atoms with E-state index in [2.05, 4.69) is 0 Å². The summed E-state index contributed by atoms with van der Waals surface area (Å²) in [5, 5.41) is 10.7. The van der Waals surface area contributed by atoms with Crippen molar-refractivity contribution in [3.05, 3.63) is 42.0 Å². The maximum absolute atomic E-state index is 8.62. The maximum Gasteiger partial charge on any atom is 0.174 e. The highest BCUT2D eigenvalue weighted by molar-refractivity contribution is 5.89. The lowest BCUT2D eigenvalue weighted by molar-refractivity contribution is 0.366. The Hall–Kier alpha value is -2.05. The van der Waals surface area contributed by atoms with Crippen LogP contribution in [0.25, 0.3) is 10.8 Å². The summed E-state index contributed by atoms with van der Waals surface area (Å²) < 4.78 is 5.52. The van der Waals surface area contributed by atoms with E-state index in [1.807, 2.05) is 49.4 Å². The van der Waals surface area contributed by atoms with Crippen molar-refractivity contribution in [1.29, 1.82) is 5.26 Å². The minimum absolute atomic E-state index is 0.0354. The average molecular weight is 226 g/mol. The first kappa shape index (κ1) is 11.4. The topological polar surface area (TPSA) is 59.0 Å². The van der Waals surface area contributed by atoms with Gasteiger partial charge in [-0.15, -0.1) is 0 Å². The molecule has 2 rings (SSSR count). The summed E-state index contributed by atoms with van der Waals surface area (Å²) in [5.74, 6) is 0.722. The molecule has 86 valence electrons. The molecule has 17 heavy (non-hydrogen) atoms. The molecule has 0 aliphatic heterocycles. The number of benzene rings is 2. The smallest absolute Gasteiger partial charge is 0.174 e. The van der Waals surface area contributed by atoms with E-state index in [0.717, 1.165) is 22.1 Å². The zero-order chi connectivity index (χ0) is 12.3. The van der Waals surface area contributed by atoms with Crippen LogP contribution in [0.2, 0.25) is 0 Å². The fourth-order valence-corrected chi connectivity index (χ4v) is 1.88. The summed E-state index contributed by atoms with van der Waals surface area (Å²) in [4.78, 5) is 0. The standard InChI is InChI=1S/C14H14N2O/c1-10(16)12-7-6-11-4-2-3-5-13(11)14(12)17-9-8-15/h2-7,10H,9,16H2,1H3/t10-/m0/s1. The Bertz CT molecular complexity index is 570. The molecule has 0 spiro atoms. The fraction of sp³-hybridized carbons (Fsp3) is 0.214. The number of ether oxygens (including phenoxy) is 1. The second kappa shape index (κ2) is 4.86. The van der Waals surface area contributed by atoms with Gasteiger partial charge in [-0.1, -0.05) is 36.4 Å². The monoisotopic (exact) mass is 226 g/mol. The Labute approximate surface area is 100 Å². The molecule has 0 unspecified atom stereocenters. The molecule has 0 saturated carbocycles. The van der Waals surface area contributed by atoms with E-state index in [0.29, 0.717) is 0 Å². The van der Waals surface area contributed by atoms with Crippen LogP contribution in [-0.4, -0.2) is 6.61 Å². The molecule has 0 aliphatic rings. The van der Waals surface area contributed by atoms with E-state index in [-0.39, 0.29) is 12.6 Å². The van der Waals surface area contributed by atoms with Crippen LogP contribution in [0.5, 0.6) is 5.75 Å². The predicted molar refractivity (Wildman–Crippen MR) is 67.7 cm³/mol. The van der Waals surface area contributed by atoms with Gasteiger partial charge in [0.05, 0.1) is 0 Å². The highest BCUT2D eigenvalue weighted by Gasteiger charge is 2.11. The molecule has 2 N–H and O–H groups in total. The van der Waals surface area contributed by atoms with Crippen LogP contribution in [0.15, 0.2) is 36.4 Å². The van der Waals surface area contributed by atoms with E-state index >= 15 is 0 Å². The van der Waals surface area contributed by atoms with Gasteiger partial charge in [0.2, 0.25) is 0 Å². The summed E-state index contributed by atoms with van der Waals surface area (Å²) in [6.07, 6.45) is 0. The van der Waals surface area contributed by atoms with Crippen LogP contribution in [-0.2, 0) is 0 Å². The number of nitrogens with zero attached hydrogens (tertiary/aromatic N) is 1. The van der Waals surface area contributed by atoms with Crippen LogP contribution in [0, 0.1) is 11.3 Å². The van der Waals surface area contributed by atoms with Crippen LogP contribution in [0.4, 0.5) is 0 Å². The molecule has 2 aromatic carbocycles. The molecular formula is C14H14N2O. The van der Waals surface area contributed by atoms with Crippen molar-refractivity contribution in [3.63, 3.8) is 0 Å². The van der Waals surface area contributed by atoms with E-state index in [1.165, 1.54) is 0 Å². The average Bonchev–Trinajstić information content (AvgIpc) is 2.35. The van der Waals surface area contributed by atoms with Crippen molar-refractivity contribution in [3.8, 4) is 11.8 Å². The minimum atomic E-state index is -0.117. The van der Waals surface area contributed by atoms with Gasteiger partial charge in [0.1, 0.15) is 11.8 Å². The zero-order valence-corrected chi connectivity index (χ0v) is 9.68. The molecule has 0 heterocycles. The largest absolute Gasteiger partial charge is 0.478 e. The lowest BCUT2D eigenvalue weighted by Crippen LogP contribution is -2.08. The molecule has 0 aliphatic carbocycles. The number of nitriles is 1. The van der Waals surface area contributed by atoms with Gasteiger partial charge in [-0.3, -0.25) is 0 Å². The van der Waals surface area contributed by atoms with Crippen molar-refractivity contribution in [1.82, 2.24) is 0 Å². The lowest BCUT2D eigenvalue weighted by atomic mass is 10.0. The van der Waals surface area contributed by atoms with Crippen LogP contribution in [0.3, 0.4) is 0 Å². The van der Waals surface area contributed by atoms with E-state index in [9.17, 15) is 0 Å². The van der Waals surface area contributed by atoms with Crippen LogP contribution < -0.4 is 10.5 Å². The molecule has 1 atom stereocenters. The number of rotatable bonds is 3. The Balaban J connectivity index is 2.62. The first-order valence-corrected chi connectivity index (χ1v) is 5.51. The van der Waals surface area contributed by atoms with Gasteiger partial charge in [0.25, 0.3) is 0 Å². The Morgan fingerprint density at radius 2 is 2.06 bits per heavy atom. The molecule has 0 radical (unpaired) electrons.